The van der Waals surface area contributed by atoms with Gasteiger partial charge in [0.05, 0.1) is 4.90 Å². The van der Waals surface area contributed by atoms with Gasteiger partial charge in [-0.2, -0.15) is 0 Å². The van der Waals surface area contributed by atoms with E-state index in [4.69, 9.17) is 23.2 Å². The monoisotopic (exact) mass is 414 g/mol. The predicted molar refractivity (Wildman–Crippen MR) is 106 cm³/mol. The van der Waals surface area contributed by atoms with Crippen molar-refractivity contribution in [2.45, 2.75) is 38.1 Å². The van der Waals surface area contributed by atoms with E-state index in [1.807, 2.05) is 0 Å². The Balaban J connectivity index is 2.36. The predicted octanol–water partition coefficient (Wildman–Crippen LogP) is 4.63. The molecule has 2 aromatic rings. The molecule has 0 radical (unpaired) electrons. The van der Waals surface area contributed by atoms with Gasteiger partial charge in [-0.15, -0.1) is 0 Å². The molecule has 2 aromatic carbocycles. The van der Waals surface area contributed by atoms with E-state index in [0.717, 1.165) is 0 Å². The second-order valence-electron chi connectivity index (χ2n) is 6.94. The number of sulfonamides is 1. The van der Waals surface area contributed by atoms with Gasteiger partial charge in [0.25, 0.3) is 5.91 Å². The third-order valence-electron chi connectivity index (χ3n) is 3.32. The first-order valence-electron chi connectivity index (χ1n) is 7.79. The zero-order valence-electron chi connectivity index (χ0n) is 14.9. The summed E-state index contributed by atoms with van der Waals surface area (Å²) in [4.78, 5) is 12.6. The van der Waals surface area contributed by atoms with E-state index in [-0.39, 0.29) is 10.5 Å². The molecule has 0 atom stereocenters. The van der Waals surface area contributed by atoms with Crippen molar-refractivity contribution in [3.05, 3.63) is 57.6 Å². The van der Waals surface area contributed by atoms with E-state index in [9.17, 15) is 13.2 Å². The number of amides is 1. The molecule has 0 fully saturated rings. The summed E-state index contributed by atoms with van der Waals surface area (Å²) in [6, 6.07) is 9.08. The molecule has 2 rings (SSSR count). The van der Waals surface area contributed by atoms with Gasteiger partial charge in [0.15, 0.2) is 0 Å². The number of carbonyl (C=O) groups excluding carboxylic acids is 1. The number of aryl methyl sites for hydroxylation is 1. The Morgan fingerprint density at radius 3 is 2.12 bits per heavy atom. The van der Waals surface area contributed by atoms with Crippen LogP contribution in [0.15, 0.2) is 41.3 Å². The lowest BCUT2D eigenvalue weighted by molar-refractivity contribution is 0.102. The van der Waals surface area contributed by atoms with Crippen molar-refractivity contribution in [2.24, 2.45) is 0 Å². The fourth-order valence-electron chi connectivity index (χ4n) is 2.30. The lowest BCUT2D eigenvalue weighted by Crippen LogP contribution is -2.40. The third-order valence-corrected chi connectivity index (χ3v) is 5.52. The van der Waals surface area contributed by atoms with Crippen LogP contribution in [0.3, 0.4) is 0 Å². The zero-order chi connectivity index (χ0) is 19.7. The van der Waals surface area contributed by atoms with Crippen LogP contribution in [0.25, 0.3) is 0 Å². The van der Waals surface area contributed by atoms with E-state index in [0.29, 0.717) is 21.3 Å². The summed E-state index contributed by atoms with van der Waals surface area (Å²) in [6.45, 7) is 6.97. The van der Waals surface area contributed by atoms with Crippen molar-refractivity contribution in [3.8, 4) is 0 Å². The molecule has 8 heteroatoms. The minimum absolute atomic E-state index is 0.0206. The minimum atomic E-state index is -3.75. The van der Waals surface area contributed by atoms with Gasteiger partial charge in [-0.3, -0.25) is 4.79 Å². The van der Waals surface area contributed by atoms with Crippen LogP contribution in [0.1, 0.15) is 36.7 Å². The molecule has 0 aliphatic rings. The van der Waals surface area contributed by atoms with Crippen molar-refractivity contribution >= 4 is 44.8 Å². The van der Waals surface area contributed by atoms with Crippen LogP contribution in [0.4, 0.5) is 5.69 Å². The van der Waals surface area contributed by atoms with Crippen molar-refractivity contribution in [1.82, 2.24) is 4.72 Å². The van der Waals surface area contributed by atoms with Gasteiger partial charge in [0, 0.05) is 26.8 Å². The van der Waals surface area contributed by atoms with E-state index in [2.05, 4.69) is 10.0 Å². The first kappa shape index (κ1) is 20.7. The maximum absolute atomic E-state index is 12.6. The average molecular weight is 415 g/mol. The summed E-state index contributed by atoms with van der Waals surface area (Å²) in [5.41, 5.74) is 0.681. The number of rotatable bonds is 4. The number of hydrogen-bond donors (Lipinski definition) is 2. The van der Waals surface area contributed by atoms with Crippen LogP contribution in [-0.2, 0) is 10.0 Å². The Bertz CT molecular complexity index is 931. The largest absolute Gasteiger partial charge is 0.322 e. The smallest absolute Gasteiger partial charge is 0.255 e. The maximum atomic E-state index is 12.6. The van der Waals surface area contributed by atoms with E-state index < -0.39 is 21.5 Å². The number of benzene rings is 2. The van der Waals surface area contributed by atoms with Crippen LogP contribution >= 0.6 is 23.2 Å². The van der Waals surface area contributed by atoms with Gasteiger partial charge >= 0.3 is 0 Å². The molecule has 26 heavy (non-hydrogen) atoms. The highest BCUT2D eigenvalue weighted by Crippen LogP contribution is 2.24. The minimum Gasteiger partial charge on any atom is -0.322 e. The molecule has 5 nitrogen and oxygen atoms in total. The lowest BCUT2D eigenvalue weighted by atomic mass is 10.1. The Labute approximate surface area is 163 Å². The molecule has 0 saturated heterocycles. The number of anilines is 1. The summed E-state index contributed by atoms with van der Waals surface area (Å²) >= 11 is 11.9. The molecule has 0 aliphatic heterocycles. The Kier molecular flexibility index (Phi) is 6.02. The van der Waals surface area contributed by atoms with Crippen molar-refractivity contribution in [3.63, 3.8) is 0 Å². The van der Waals surface area contributed by atoms with Crippen molar-refractivity contribution < 1.29 is 13.2 Å². The second kappa shape index (κ2) is 7.56. The van der Waals surface area contributed by atoms with Gasteiger partial charge < -0.3 is 5.32 Å². The molecule has 0 bridgehead atoms. The number of hydrogen-bond acceptors (Lipinski definition) is 3. The van der Waals surface area contributed by atoms with Crippen LogP contribution in [0.2, 0.25) is 10.0 Å². The first-order valence-corrected chi connectivity index (χ1v) is 10.0. The molecule has 0 spiro atoms. The van der Waals surface area contributed by atoms with Gasteiger partial charge in [-0.05, 0) is 63.6 Å². The highest BCUT2D eigenvalue weighted by molar-refractivity contribution is 7.89. The standard InChI is InChI=1S/C18H20Cl2N2O3S/c1-11-5-6-15(26(24,25)22-18(2,3)4)10-16(11)17(23)21-14-8-12(19)7-13(20)9-14/h5-10,22H,1-4H3,(H,21,23). The third kappa shape index (κ3) is 5.45. The second-order valence-corrected chi connectivity index (χ2v) is 9.50. The Morgan fingerprint density at radius 1 is 1.00 bits per heavy atom. The van der Waals surface area contributed by atoms with Gasteiger partial charge in [0.1, 0.15) is 0 Å². The van der Waals surface area contributed by atoms with Crippen LogP contribution in [0.5, 0.6) is 0 Å². The van der Waals surface area contributed by atoms with Gasteiger partial charge in [0.2, 0.25) is 10.0 Å². The molecule has 2 N–H and O–H groups in total. The molecule has 0 saturated carbocycles. The summed E-state index contributed by atoms with van der Waals surface area (Å²) < 4.78 is 27.6. The van der Waals surface area contributed by atoms with E-state index in [1.54, 1.807) is 52.0 Å². The molecule has 1 amide bonds. The lowest BCUT2D eigenvalue weighted by Gasteiger charge is -2.20. The molecular formula is C18H20Cl2N2O3S. The van der Waals surface area contributed by atoms with Crippen LogP contribution in [0, 0.1) is 6.92 Å². The average Bonchev–Trinajstić information content (AvgIpc) is 2.43. The quantitative estimate of drug-likeness (QED) is 0.765. The molecule has 0 heterocycles. The zero-order valence-corrected chi connectivity index (χ0v) is 17.2. The summed E-state index contributed by atoms with van der Waals surface area (Å²) in [7, 11) is -3.75. The first-order chi connectivity index (χ1) is 11.9. The number of nitrogens with one attached hydrogen (secondary N) is 2. The highest BCUT2D eigenvalue weighted by Gasteiger charge is 2.23. The number of halogens is 2. The Hall–Kier alpha value is -1.60. The maximum Gasteiger partial charge on any atom is 0.255 e. The van der Waals surface area contributed by atoms with Crippen molar-refractivity contribution in [2.75, 3.05) is 5.32 Å². The fourth-order valence-corrected chi connectivity index (χ4v) is 4.27. The summed E-state index contributed by atoms with van der Waals surface area (Å²) in [5, 5.41) is 3.45. The SMILES string of the molecule is Cc1ccc(S(=O)(=O)NC(C)(C)C)cc1C(=O)Nc1cc(Cl)cc(Cl)c1. The Morgan fingerprint density at radius 2 is 1.58 bits per heavy atom. The highest BCUT2D eigenvalue weighted by atomic mass is 35.5. The van der Waals surface area contributed by atoms with Gasteiger partial charge in [-0.25, -0.2) is 13.1 Å². The van der Waals surface area contributed by atoms with E-state index >= 15 is 0 Å². The molecule has 0 aliphatic carbocycles. The van der Waals surface area contributed by atoms with Gasteiger partial charge in [-0.1, -0.05) is 29.3 Å². The van der Waals surface area contributed by atoms with Crippen LogP contribution < -0.4 is 10.0 Å². The van der Waals surface area contributed by atoms with Crippen LogP contribution in [-0.4, -0.2) is 19.9 Å². The fraction of sp³-hybridized carbons (Fsp3) is 0.278. The molecule has 0 aromatic heterocycles. The molecule has 0 unspecified atom stereocenters. The summed E-state index contributed by atoms with van der Waals surface area (Å²) in [6.07, 6.45) is 0. The normalized spacial score (nSPS) is 12.1. The molecule has 140 valence electrons. The molecular weight excluding hydrogens is 395 g/mol. The van der Waals surface area contributed by atoms with Crippen molar-refractivity contribution in [1.29, 1.82) is 0 Å². The number of carbonyl (C=O) groups is 1. The topological polar surface area (TPSA) is 75.3 Å². The summed E-state index contributed by atoms with van der Waals surface area (Å²) in [5.74, 6) is -0.450. The van der Waals surface area contributed by atoms with E-state index in [1.165, 1.54) is 12.1 Å².